The van der Waals surface area contributed by atoms with Crippen molar-refractivity contribution in [3.63, 3.8) is 0 Å². The molecular formula is C17H12FN3O2. The molecule has 5 nitrogen and oxygen atoms in total. The second-order valence-corrected chi connectivity index (χ2v) is 5.37. The Labute approximate surface area is 130 Å². The predicted octanol–water partition coefficient (Wildman–Crippen LogP) is 3.23. The van der Waals surface area contributed by atoms with E-state index in [0.717, 1.165) is 10.9 Å². The van der Waals surface area contributed by atoms with E-state index in [0.29, 0.717) is 11.3 Å². The first kappa shape index (κ1) is 13.5. The number of carbonyl (C=O) groups is 1. The van der Waals surface area contributed by atoms with Crippen molar-refractivity contribution in [1.29, 1.82) is 0 Å². The molecule has 114 valence electrons. The van der Waals surface area contributed by atoms with Crippen LogP contribution in [0.1, 0.15) is 11.6 Å². The number of carbonyl (C=O) groups excluding carboxylic acids is 1. The van der Waals surface area contributed by atoms with Crippen LogP contribution in [0.25, 0.3) is 10.9 Å². The Balaban J connectivity index is 1.81. The minimum absolute atomic E-state index is 0.0636. The minimum Gasteiger partial charge on any atom is -0.510 e. The molecule has 2 heterocycles. The zero-order valence-corrected chi connectivity index (χ0v) is 11.9. The average Bonchev–Trinajstić information content (AvgIpc) is 3.11. The Morgan fingerprint density at radius 2 is 1.96 bits per heavy atom. The number of aromatic amines is 1. The van der Waals surface area contributed by atoms with Crippen LogP contribution in [0.2, 0.25) is 0 Å². The number of benzene rings is 2. The summed E-state index contributed by atoms with van der Waals surface area (Å²) in [6.07, 6.45) is 2.88. The number of rotatable bonds is 2. The minimum atomic E-state index is -0.663. The van der Waals surface area contributed by atoms with Crippen LogP contribution in [-0.2, 0) is 4.79 Å². The van der Waals surface area contributed by atoms with Crippen LogP contribution >= 0.6 is 0 Å². The number of H-pyrrole nitrogens is 1. The standard InChI is InChI=1S/C17H12FN3O2/c18-12-4-1-10(2-5-12)17-15(22)8-16(23)21(17)13-6-3-11-9-19-20-14(11)7-13/h1-9,17,22H,(H,19,20). The van der Waals surface area contributed by atoms with E-state index >= 15 is 0 Å². The fourth-order valence-corrected chi connectivity index (χ4v) is 2.85. The van der Waals surface area contributed by atoms with Crippen molar-refractivity contribution in [2.75, 3.05) is 4.90 Å². The molecule has 0 spiro atoms. The number of aromatic nitrogens is 2. The van der Waals surface area contributed by atoms with E-state index in [2.05, 4.69) is 10.2 Å². The van der Waals surface area contributed by atoms with Gasteiger partial charge in [0.1, 0.15) is 17.6 Å². The lowest BCUT2D eigenvalue weighted by molar-refractivity contribution is -0.113. The number of anilines is 1. The van der Waals surface area contributed by atoms with E-state index in [1.54, 1.807) is 30.5 Å². The number of hydrogen-bond donors (Lipinski definition) is 2. The van der Waals surface area contributed by atoms with E-state index in [9.17, 15) is 14.3 Å². The third-order valence-corrected chi connectivity index (χ3v) is 3.94. The second kappa shape index (κ2) is 4.95. The molecule has 0 fully saturated rings. The van der Waals surface area contributed by atoms with Gasteiger partial charge < -0.3 is 5.11 Å². The average molecular weight is 309 g/mol. The quantitative estimate of drug-likeness (QED) is 0.763. The molecule has 1 aliphatic heterocycles. The van der Waals surface area contributed by atoms with E-state index in [-0.39, 0.29) is 17.5 Å². The Morgan fingerprint density at radius 3 is 2.74 bits per heavy atom. The molecule has 0 saturated carbocycles. The van der Waals surface area contributed by atoms with Crippen molar-refractivity contribution in [1.82, 2.24) is 10.2 Å². The Hall–Kier alpha value is -3.15. The summed E-state index contributed by atoms with van der Waals surface area (Å²) in [6, 6.07) is 10.5. The van der Waals surface area contributed by atoms with Crippen molar-refractivity contribution in [2.45, 2.75) is 6.04 Å². The molecule has 0 bridgehead atoms. The number of halogens is 1. The molecule has 4 rings (SSSR count). The number of hydrogen-bond acceptors (Lipinski definition) is 3. The molecule has 1 atom stereocenters. The van der Waals surface area contributed by atoms with Gasteiger partial charge in [-0.05, 0) is 35.9 Å². The highest BCUT2D eigenvalue weighted by Crippen LogP contribution is 2.37. The summed E-state index contributed by atoms with van der Waals surface area (Å²) >= 11 is 0. The highest BCUT2D eigenvalue weighted by molar-refractivity contribution is 6.06. The smallest absolute Gasteiger partial charge is 0.255 e. The Morgan fingerprint density at radius 1 is 1.17 bits per heavy atom. The predicted molar refractivity (Wildman–Crippen MR) is 83.4 cm³/mol. The highest BCUT2D eigenvalue weighted by Gasteiger charge is 2.35. The van der Waals surface area contributed by atoms with Crippen molar-refractivity contribution in [3.8, 4) is 0 Å². The molecular weight excluding hydrogens is 297 g/mol. The van der Waals surface area contributed by atoms with Gasteiger partial charge in [0.25, 0.3) is 5.91 Å². The van der Waals surface area contributed by atoms with Gasteiger partial charge in [-0.2, -0.15) is 5.10 Å². The van der Waals surface area contributed by atoms with Crippen LogP contribution in [0.3, 0.4) is 0 Å². The van der Waals surface area contributed by atoms with Gasteiger partial charge in [0, 0.05) is 17.1 Å². The Kier molecular flexibility index (Phi) is 2.90. The lowest BCUT2D eigenvalue weighted by Crippen LogP contribution is -2.29. The van der Waals surface area contributed by atoms with Gasteiger partial charge in [-0.1, -0.05) is 12.1 Å². The van der Waals surface area contributed by atoms with Gasteiger partial charge in [0.05, 0.1) is 11.7 Å². The molecule has 0 aliphatic carbocycles. The monoisotopic (exact) mass is 309 g/mol. The van der Waals surface area contributed by atoms with E-state index in [1.807, 2.05) is 6.07 Å². The van der Waals surface area contributed by atoms with Crippen molar-refractivity contribution < 1.29 is 14.3 Å². The number of nitrogens with zero attached hydrogens (tertiary/aromatic N) is 2. The van der Waals surface area contributed by atoms with E-state index in [1.165, 1.54) is 23.1 Å². The lowest BCUT2D eigenvalue weighted by Gasteiger charge is -2.26. The fourth-order valence-electron chi connectivity index (χ4n) is 2.85. The molecule has 2 N–H and O–H groups in total. The summed E-state index contributed by atoms with van der Waals surface area (Å²) in [4.78, 5) is 13.8. The van der Waals surface area contributed by atoms with Crippen LogP contribution < -0.4 is 4.90 Å². The van der Waals surface area contributed by atoms with Gasteiger partial charge in [-0.15, -0.1) is 0 Å². The van der Waals surface area contributed by atoms with Crippen molar-refractivity contribution in [3.05, 3.63) is 71.9 Å². The molecule has 1 aliphatic rings. The molecule has 0 radical (unpaired) electrons. The SMILES string of the molecule is O=C1C=C(O)C(c2ccc(F)cc2)N1c1ccc2cn[nH]c2c1. The molecule has 1 aromatic heterocycles. The zero-order valence-electron chi connectivity index (χ0n) is 11.9. The largest absolute Gasteiger partial charge is 0.510 e. The third-order valence-electron chi connectivity index (χ3n) is 3.94. The molecule has 6 heteroatoms. The first-order chi connectivity index (χ1) is 11.1. The maximum absolute atomic E-state index is 13.1. The van der Waals surface area contributed by atoms with Crippen LogP contribution in [0.4, 0.5) is 10.1 Å². The molecule has 0 saturated heterocycles. The molecule has 23 heavy (non-hydrogen) atoms. The molecule has 2 aromatic carbocycles. The summed E-state index contributed by atoms with van der Waals surface area (Å²) in [5.74, 6) is -0.756. The maximum Gasteiger partial charge on any atom is 0.255 e. The first-order valence-electron chi connectivity index (χ1n) is 7.06. The summed E-state index contributed by atoms with van der Waals surface area (Å²) < 4.78 is 13.1. The van der Waals surface area contributed by atoms with Gasteiger partial charge >= 0.3 is 0 Å². The normalized spacial score (nSPS) is 17.8. The number of fused-ring (bicyclic) bond motifs is 1. The number of nitrogens with one attached hydrogen (secondary N) is 1. The zero-order chi connectivity index (χ0) is 16.0. The van der Waals surface area contributed by atoms with Crippen molar-refractivity contribution in [2.24, 2.45) is 0 Å². The van der Waals surface area contributed by atoms with Gasteiger partial charge in [0.15, 0.2) is 0 Å². The number of aliphatic hydroxyl groups excluding tert-OH is 1. The summed E-state index contributed by atoms with van der Waals surface area (Å²) in [5, 5.41) is 17.9. The number of aliphatic hydroxyl groups is 1. The second-order valence-electron chi connectivity index (χ2n) is 5.37. The summed E-state index contributed by atoms with van der Waals surface area (Å²) in [7, 11) is 0. The Bertz CT molecular complexity index is 930. The topological polar surface area (TPSA) is 69.2 Å². The lowest BCUT2D eigenvalue weighted by atomic mass is 10.0. The molecule has 1 amide bonds. The maximum atomic E-state index is 13.1. The summed E-state index contributed by atoms with van der Waals surface area (Å²) in [6.45, 7) is 0. The summed E-state index contributed by atoms with van der Waals surface area (Å²) in [5.41, 5.74) is 2.05. The van der Waals surface area contributed by atoms with E-state index < -0.39 is 6.04 Å². The van der Waals surface area contributed by atoms with Gasteiger partial charge in [0.2, 0.25) is 0 Å². The first-order valence-corrected chi connectivity index (χ1v) is 7.06. The van der Waals surface area contributed by atoms with Gasteiger partial charge in [-0.3, -0.25) is 14.8 Å². The van der Waals surface area contributed by atoms with Crippen molar-refractivity contribution >= 4 is 22.5 Å². The van der Waals surface area contributed by atoms with E-state index in [4.69, 9.17) is 0 Å². The molecule has 3 aromatic rings. The van der Waals surface area contributed by atoms with Crippen LogP contribution in [-0.4, -0.2) is 21.2 Å². The highest BCUT2D eigenvalue weighted by atomic mass is 19.1. The van der Waals surface area contributed by atoms with Gasteiger partial charge in [-0.25, -0.2) is 4.39 Å². The van der Waals surface area contributed by atoms with Crippen LogP contribution in [0, 0.1) is 5.82 Å². The molecule has 1 unspecified atom stereocenters. The number of amides is 1. The van der Waals surface area contributed by atoms with Crippen LogP contribution in [0.15, 0.2) is 60.5 Å². The fraction of sp³-hybridized carbons (Fsp3) is 0.0588. The van der Waals surface area contributed by atoms with Crippen LogP contribution in [0.5, 0.6) is 0 Å². The third kappa shape index (κ3) is 2.15.